The minimum absolute atomic E-state index is 0. The van der Waals surface area contributed by atoms with E-state index in [9.17, 15) is 23.5 Å². The first kappa shape index (κ1) is 34.0. The Morgan fingerprint density at radius 2 is 1.77 bits per heavy atom. The predicted octanol–water partition coefficient (Wildman–Crippen LogP) is 4.02. The van der Waals surface area contributed by atoms with Crippen LogP contribution in [0, 0.1) is 18.6 Å². The van der Waals surface area contributed by atoms with Crippen molar-refractivity contribution in [2.24, 2.45) is 0 Å². The quantitative estimate of drug-likeness (QED) is 0.236. The molecule has 0 saturated carbocycles. The standard InChI is InChI=1S/C33H30F2N2O4S.Na/c1-21-5-3-4-6-27(21)29-17-22(8-10-28(29)32(38)37-30(33(39)40)12-14-42-2)7-9-24-19-36-13-11-31(24)41-20-23-15-25(34)18-26(35)16-23;/h3-11,13,15-19,30H,12,14,20H2,1-2H3,(H,37,38)(H,39,40);/q;+1/b9-7+;. The second-order valence-electron chi connectivity index (χ2n) is 9.58. The van der Waals surface area contributed by atoms with Crippen LogP contribution >= 0.6 is 11.8 Å². The smallest absolute Gasteiger partial charge is 0.488 e. The number of halogens is 2. The first-order chi connectivity index (χ1) is 20.2. The van der Waals surface area contributed by atoms with Crippen molar-refractivity contribution in [3.05, 3.63) is 119 Å². The van der Waals surface area contributed by atoms with Gasteiger partial charge in [-0.25, -0.2) is 13.6 Å². The molecule has 0 spiro atoms. The molecular formula is C33H30F2N2NaO4S+. The van der Waals surface area contributed by atoms with Crippen molar-refractivity contribution in [2.45, 2.75) is 26.0 Å². The second kappa shape index (κ2) is 16.4. The van der Waals surface area contributed by atoms with Crippen LogP contribution in [0.3, 0.4) is 0 Å². The van der Waals surface area contributed by atoms with Crippen molar-refractivity contribution in [1.29, 1.82) is 0 Å². The van der Waals surface area contributed by atoms with Crippen molar-refractivity contribution < 1.29 is 57.8 Å². The number of aliphatic carboxylic acids is 1. The summed E-state index contributed by atoms with van der Waals surface area (Å²) < 4.78 is 33.0. The molecule has 6 nitrogen and oxygen atoms in total. The first-order valence-corrected chi connectivity index (χ1v) is 14.6. The summed E-state index contributed by atoms with van der Waals surface area (Å²) in [5, 5.41) is 12.3. The van der Waals surface area contributed by atoms with E-state index in [4.69, 9.17) is 4.74 Å². The number of amides is 1. The van der Waals surface area contributed by atoms with E-state index in [1.165, 1.54) is 23.9 Å². The molecule has 3 aromatic carbocycles. The van der Waals surface area contributed by atoms with E-state index >= 15 is 0 Å². The molecule has 0 fully saturated rings. The van der Waals surface area contributed by atoms with Crippen molar-refractivity contribution in [3.8, 4) is 16.9 Å². The number of aryl methyl sites for hydroxylation is 1. The van der Waals surface area contributed by atoms with Crippen LogP contribution in [0.15, 0.2) is 79.1 Å². The summed E-state index contributed by atoms with van der Waals surface area (Å²) in [6.07, 6.45) is 9.01. The molecule has 0 aliphatic carbocycles. The molecule has 43 heavy (non-hydrogen) atoms. The largest absolute Gasteiger partial charge is 1.00 e. The zero-order valence-electron chi connectivity index (χ0n) is 24.1. The number of carbonyl (C=O) groups is 2. The van der Waals surface area contributed by atoms with Gasteiger partial charge in [-0.05, 0) is 89.6 Å². The number of aromatic nitrogens is 1. The van der Waals surface area contributed by atoms with Gasteiger partial charge in [0.05, 0.1) is 0 Å². The van der Waals surface area contributed by atoms with Gasteiger partial charge >= 0.3 is 35.5 Å². The summed E-state index contributed by atoms with van der Waals surface area (Å²) in [6, 6.07) is 16.9. The predicted molar refractivity (Wildman–Crippen MR) is 162 cm³/mol. The van der Waals surface area contributed by atoms with Gasteiger partial charge in [-0.15, -0.1) is 0 Å². The van der Waals surface area contributed by atoms with Gasteiger partial charge in [-0.2, -0.15) is 11.8 Å². The van der Waals surface area contributed by atoms with Crippen LogP contribution in [0.2, 0.25) is 0 Å². The molecule has 1 unspecified atom stereocenters. The minimum atomic E-state index is -1.08. The van der Waals surface area contributed by atoms with E-state index < -0.39 is 29.6 Å². The fraction of sp³-hybridized carbons (Fsp3) is 0.182. The third-order valence-corrected chi connectivity index (χ3v) is 7.16. The van der Waals surface area contributed by atoms with Crippen LogP contribution in [-0.2, 0) is 11.4 Å². The van der Waals surface area contributed by atoms with Gasteiger partial charge in [0, 0.05) is 29.6 Å². The Kier molecular flexibility index (Phi) is 12.9. The molecule has 216 valence electrons. The van der Waals surface area contributed by atoms with Gasteiger partial charge < -0.3 is 15.2 Å². The molecular weight excluding hydrogens is 581 g/mol. The number of ether oxygens (including phenoxy) is 1. The first-order valence-electron chi connectivity index (χ1n) is 13.2. The van der Waals surface area contributed by atoms with Crippen molar-refractivity contribution in [3.63, 3.8) is 0 Å². The van der Waals surface area contributed by atoms with Crippen molar-refractivity contribution in [2.75, 3.05) is 12.0 Å². The Labute approximate surface area is 275 Å². The van der Waals surface area contributed by atoms with Gasteiger partial charge in [-0.1, -0.05) is 36.4 Å². The summed E-state index contributed by atoms with van der Waals surface area (Å²) in [4.78, 5) is 29.2. The number of benzene rings is 3. The molecule has 1 heterocycles. The molecule has 0 radical (unpaired) electrons. The Hall–Kier alpha value is -3.50. The molecule has 1 atom stereocenters. The number of hydrogen-bond donors (Lipinski definition) is 2. The number of carboxylic acid groups (broad SMARTS) is 1. The maximum atomic E-state index is 13.6. The van der Waals surface area contributed by atoms with Gasteiger partial charge in [0.25, 0.3) is 5.91 Å². The molecule has 0 aliphatic rings. The zero-order chi connectivity index (χ0) is 30.1. The third-order valence-electron chi connectivity index (χ3n) is 6.52. The van der Waals surface area contributed by atoms with Crippen LogP contribution in [0.4, 0.5) is 8.78 Å². The summed E-state index contributed by atoms with van der Waals surface area (Å²) in [7, 11) is 0. The van der Waals surface area contributed by atoms with Crippen LogP contribution < -0.4 is 39.6 Å². The normalized spacial score (nSPS) is 11.5. The van der Waals surface area contributed by atoms with Crippen LogP contribution in [0.25, 0.3) is 23.3 Å². The average Bonchev–Trinajstić information content (AvgIpc) is 2.97. The number of carbonyl (C=O) groups excluding carboxylic acids is 1. The number of hydrogen-bond acceptors (Lipinski definition) is 5. The topological polar surface area (TPSA) is 88.5 Å². The summed E-state index contributed by atoms with van der Waals surface area (Å²) in [6.45, 7) is 1.91. The van der Waals surface area contributed by atoms with Gasteiger partial charge in [0.2, 0.25) is 0 Å². The molecule has 0 bridgehead atoms. The number of rotatable bonds is 12. The molecule has 0 saturated heterocycles. The maximum Gasteiger partial charge on any atom is 1.00 e. The number of pyridine rings is 1. The molecule has 4 rings (SSSR count). The van der Waals surface area contributed by atoms with Gasteiger partial charge in [0.1, 0.15) is 30.0 Å². The van der Waals surface area contributed by atoms with Crippen LogP contribution in [0.5, 0.6) is 5.75 Å². The molecule has 10 heteroatoms. The van der Waals surface area contributed by atoms with Gasteiger partial charge in [0.15, 0.2) is 0 Å². The Bertz CT molecular complexity index is 1600. The third kappa shape index (κ3) is 9.49. The minimum Gasteiger partial charge on any atom is -0.488 e. The van der Waals surface area contributed by atoms with Crippen LogP contribution in [-0.4, -0.2) is 40.0 Å². The molecule has 1 aromatic heterocycles. The van der Waals surface area contributed by atoms with E-state index in [1.54, 1.807) is 36.7 Å². The van der Waals surface area contributed by atoms with Crippen molar-refractivity contribution >= 4 is 35.8 Å². The second-order valence-corrected chi connectivity index (χ2v) is 10.6. The van der Waals surface area contributed by atoms with E-state index in [0.29, 0.717) is 40.2 Å². The Morgan fingerprint density at radius 1 is 1.02 bits per heavy atom. The molecule has 1 amide bonds. The summed E-state index contributed by atoms with van der Waals surface area (Å²) in [5.41, 5.74) is 4.62. The number of carboxylic acids is 1. The number of thioether (sulfide) groups is 1. The fourth-order valence-electron chi connectivity index (χ4n) is 4.38. The average molecular weight is 612 g/mol. The van der Waals surface area contributed by atoms with E-state index in [1.807, 2.05) is 49.6 Å². The maximum absolute atomic E-state index is 13.6. The van der Waals surface area contributed by atoms with Crippen LogP contribution in [0.1, 0.15) is 39.0 Å². The number of nitrogens with zero attached hydrogens (tertiary/aromatic N) is 1. The zero-order valence-corrected chi connectivity index (χ0v) is 27.0. The SMILES string of the molecule is CSCCC(NC(=O)c1ccc(/C=C/c2cnccc2OCc2cc(F)cc(F)c2)cc1-c1ccccc1C)C(=O)O.[Na+]. The van der Waals surface area contributed by atoms with Gasteiger partial charge in [-0.3, -0.25) is 9.78 Å². The number of nitrogens with one attached hydrogen (secondary N) is 1. The van der Waals surface area contributed by atoms with E-state index in [-0.39, 0.29) is 36.2 Å². The Balaban J connectivity index is 0.00000506. The van der Waals surface area contributed by atoms with E-state index in [0.717, 1.165) is 22.8 Å². The fourth-order valence-corrected chi connectivity index (χ4v) is 4.85. The molecule has 0 aliphatic heterocycles. The summed E-state index contributed by atoms with van der Waals surface area (Å²) in [5.74, 6) is -1.82. The Morgan fingerprint density at radius 3 is 2.47 bits per heavy atom. The van der Waals surface area contributed by atoms with E-state index in [2.05, 4.69) is 10.3 Å². The monoisotopic (exact) mass is 611 g/mol. The molecule has 2 N–H and O–H groups in total. The van der Waals surface area contributed by atoms with Crippen molar-refractivity contribution in [1.82, 2.24) is 10.3 Å². The molecule has 4 aromatic rings. The summed E-state index contributed by atoms with van der Waals surface area (Å²) >= 11 is 1.52.